The molecule has 45 heavy (non-hydrogen) atoms. The summed E-state index contributed by atoms with van der Waals surface area (Å²) >= 11 is 0. The number of aromatic nitrogens is 2. The highest BCUT2D eigenvalue weighted by molar-refractivity contribution is 6.00. The highest BCUT2D eigenvalue weighted by atomic mass is 19.4. The third kappa shape index (κ3) is 5.57. The molecular formula is C30H21F7N4O4. The van der Waals surface area contributed by atoms with Gasteiger partial charge in [-0.15, -0.1) is 0 Å². The Morgan fingerprint density at radius 2 is 1.82 bits per heavy atom. The predicted molar refractivity (Wildman–Crippen MR) is 144 cm³/mol. The maximum Gasteiger partial charge on any atom is 0.424 e. The Labute approximate surface area is 250 Å². The highest BCUT2D eigenvalue weighted by Crippen LogP contribution is 2.47. The quantitative estimate of drug-likeness (QED) is 0.257. The van der Waals surface area contributed by atoms with E-state index in [9.17, 15) is 45.9 Å². The molecule has 5 rings (SSSR count). The fourth-order valence-electron chi connectivity index (χ4n) is 4.80. The molecule has 0 fully saturated rings. The number of alkyl halides is 6. The topological polar surface area (TPSA) is 117 Å². The van der Waals surface area contributed by atoms with Gasteiger partial charge in [-0.05, 0) is 55.5 Å². The van der Waals surface area contributed by atoms with Gasteiger partial charge in [-0.2, -0.15) is 31.6 Å². The van der Waals surface area contributed by atoms with Crippen LogP contribution in [-0.4, -0.2) is 47.4 Å². The number of pyridine rings is 2. The van der Waals surface area contributed by atoms with Gasteiger partial charge in [0.2, 0.25) is 5.60 Å². The van der Waals surface area contributed by atoms with Crippen molar-refractivity contribution >= 4 is 16.8 Å². The predicted octanol–water partition coefficient (Wildman–Crippen LogP) is 5.82. The lowest BCUT2D eigenvalue weighted by molar-refractivity contribution is -0.265. The van der Waals surface area contributed by atoms with Crippen LogP contribution in [0, 0.1) is 17.1 Å². The summed E-state index contributed by atoms with van der Waals surface area (Å²) in [6.07, 6.45) is -9.64. The van der Waals surface area contributed by atoms with Gasteiger partial charge in [0, 0.05) is 28.3 Å². The maximum absolute atomic E-state index is 14.6. The number of methoxy groups -OCH3 is 1. The van der Waals surface area contributed by atoms with Crippen LogP contribution in [0.25, 0.3) is 22.2 Å². The van der Waals surface area contributed by atoms with E-state index in [-0.39, 0.29) is 51.4 Å². The van der Waals surface area contributed by atoms with Crippen LogP contribution in [-0.2, 0) is 17.2 Å². The molecule has 0 spiro atoms. The van der Waals surface area contributed by atoms with Gasteiger partial charge in [-0.1, -0.05) is 0 Å². The van der Waals surface area contributed by atoms with E-state index in [0.29, 0.717) is 12.3 Å². The monoisotopic (exact) mass is 634 g/mol. The molecule has 0 radical (unpaired) electrons. The van der Waals surface area contributed by atoms with Gasteiger partial charge < -0.3 is 19.9 Å². The highest BCUT2D eigenvalue weighted by Gasteiger charge is 2.57. The van der Waals surface area contributed by atoms with Crippen molar-refractivity contribution in [3.63, 3.8) is 0 Å². The Bertz CT molecular complexity index is 1860. The molecule has 1 unspecified atom stereocenters. The van der Waals surface area contributed by atoms with Gasteiger partial charge in [0.15, 0.2) is 5.75 Å². The Morgan fingerprint density at radius 3 is 2.42 bits per heavy atom. The van der Waals surface area contributed by atoms with Crippen molar-refractivity contribution in [2.45, 2.75) is 30.3 Å². The van der Waals surface area contributed by atoms with E-state index in [1.54, 1.807) is 0 Å². The van der Waals surface area contributed by atoms with Crippen LogP contribution in [0.1, 0.15) is 34.1 Å². The number of carbonyl (C=O) groups is 1. The Hall–Kier alpha value is -4.97. The number of amides is 1. The summed E-state index contributed by atoms with van der Waals surface area (Å²) in [4.78, 5) is 20.8. The Balaban J connectivity index is 1.57. The molecule has 8 nitrogen and oxygen atoms in total. The minimum Gasteiger partial charge on any atom is -0.494 e. The lowest BCUT2D eigenvalue weighted by Crippen LogP contribution is -2.51. The number of fused-ring (bicyclic) bond motifs is 2. The second-order valence-electron chi connectivity index (χ2n) is 10.5. The molecule has 0 aliphatic carbocycles. The minimum atomic E-state index is -5.45. The normalized spacial score (nSPS) is 17.6. The second kappa shape index (κ2) is 10.9. The molecule has 1 aliphatic heterocycles. The smallest absolute Gasteiger partial charge is 0.424 e. The number of benzene rings is 2. The van der Waals surface area contributed by atoms with Crippen LogP contribution in [0.3, 0.4) is 0 Å². The molecule has 0 saturated heterocycles. The van der Waals surface area contributed by atoms with Crippen LogP contribution in [0.2, 0.25) is 0 Å². The van der Waals surface area contributed by atoms with E-state index in [0.717, 1.165) is 37.4 Å². The average molecular weight is 635 g/mol. The SMILES string of the molecule is COc1cc(C(=O)NCC(O)(c2cc3c(c(-c4ccc(F)cc4)n2)OC[C@]3(C)C#N)C(F)(F)F)cc2cc(C(F)(F)F)cnc12. The van der Waals surface area contributed by atoms with Gasteiger partial charge in [0.05, 0.1) is 31.0 Å². The number of halogens is 7. The zero-order valence-electron chi connectivity index (χ0n) is 23.3. The van der Waals surface area contributed by atoms with E-state index in [1.807, 2.05) is 11.4 Å². The number of nitrogens with zero attached hydrogens (tertiary/aromatic N) is 3. The third-order valence-corrected chi connectivity index (χ3v) is 7.39. The van der Waals surface area contributed by atoms with Crippen LogP contribution < -0.4 is 14.8 Å². The van der Waals surface area contributed by atoms with Crippen molar-refractivity contribution in [2.24, 2.45) is 0 Å². The molecule has 15 heteroatoms. The molecule has 2 N–H and O–H groups in total. The molecule has 2 atom stereocenters. The molecule has 0 saturated carbocycles. The van der Waals surface area contributed by atoms with Gasteiger partial charge >= 0.3 is 12.4 Å². The van der Waals surface area contributed by atoms with Crippen LogP contribution in [0.15, 0.2) is 54.7 Å². The van der Waals surface area contributed by atoms with Crippen LogP contribution in [0.5, 0.6) is 11.5 Å². The summed E-state index contributed by atoms with van der Waals surface area (Å²) in [7, 11) is 1.16. The standard InChI is InChI=1S/C30H21F7N4O4/c1-27(12-38)14-45-25-20(27)10-22(41-24(25)15-3-5-19(31)6-4-15)28(43,30(35,36)37)13-40-26(42)17-7-16-8-18(29(32,33)34)11-39-23(16)21(9-17)44-2/h3-11,43H,13-14H2,1-2H3,(H,40,42)/t27-,28?/m0/s1. The average Bonchev–Trinajstić information content (AvgIpc) is 3.34. The van der Waals surface area contributed by atoms with Gasteiger partial charge in [-0.25, -0.2) is 9.37 Å². The number of rotatable bonds is 6. The van der Waals surface area contributed by atoms with Gasteiger partial charge in [0.25, 0.3) is 5.91 Å². The summed E-state index contributed by atoms with van der Waals surface area (Å²) in [6, 6.07) is 10.1. The van der Waals surface area contributed by atoms with E-state index in [1.165, 1.54) is 19.1 Å². The minimum absolute atomic E-state index is 0.0180. The number of hydrogen-bond donors (Lipinski definition) is 2. The molecule has 0 bridgehead atoms. The van der Waals surface area contributed by atoms with Crippen molar-refractivity contribution in [3.8, 4) is 28.8 Å². The largest absolute Gasteiger partial charge is 0.494 e. The first-order valence-corrected chi connectivity index (χ1v) is 13.0. The Morgan fingerprint density at radius 1 is 1.13 bits per heavy atom. The van der Waals surface area contributed by atoms with Gasteiger partial charge in [-0.3, -0.25) is 9.78 Å². The van der Waals surface area contributed by atoms with E-state index in [2.05, 4.69) is 9.97 Å². The van der Waals surface area contributed by atoms with Crippen LogP contribution in [0.4, 0.5) is 30.7 Å². The summed E-state index contributed by atoms with van der Waals surface area (Å²) < 4.78 is 108. The summed E-state index contributed by atoms with van der Waals surface area (Å²) in [6.45, 7) is -0.318. The first-order chi connectivity index (χ1) is 21.0. The van der Waals surface area contributed by atoms with E-state index < -0.39 is 52.9 Å². The first kappa shape index (κ1) is 31.5. The summed E-state index contributed by atoms with van der Waals surface area (Å²) in [5.41, 5.74) is -7.92. The number of hydrogen-bond acceptors (Lipinski definition) is 7. The second-order valence-corrected chi connectivity index (χ2v) is 10.5. The van der Waals surface area contributed by atoms with Crippen molar-refractivity contribution in [1.82, 2.24) is 15.3 Å². The van der Waals surface area contributed by atoms with E-state index in [4.69, 9.17) is 9.47 Å². The van der Waals surface area contributed by atoms with Crippen molar-refractivity contribution in [2.75, 3.05) is 20.3 Å². The van der Waals surface area contributed by atoms with E-state index >= 15 is 0 Å². The first-order valence-electron chi connectivity index (χ1n) is 13.0. The molecular weight excluding hydrogens is 613 g/mol. The summed E-state index contributed by atoms with van der Waals surface area (Å²) in [5, 5.41) is 22.7. The molecule has 2 aromatic heterocycles. The van der Waals surface area contributed by atoms with Gasteiger partial charge in [0.1, 0.15) is 34.8 Å². The molecule has 2 aromatic carbocycles. The Kier molecular flexibility index (Phi) is 7.60. The molecule has 234 valence electrons. The number of nitriles is 1. The lowest BCUT2D eigenvalue weighted by atomic mass is 9.83. The lowest BCUT2D eigenvalue weighted by Gasteiger charge is -2.31. The van der Waals surface area contributed by atoms with Crippen molar-refractivity contribution < 1.29 is 50.1 Å². The third-order valence-electron chi connectivity index (χ3n) is 7.39. The van der Waals surface area contributed by atoms with Crippen molar-refractivity contribution in [1.29, 1.82) is 5.26 Å². The van der Waals surface area contributed by atoms with Crippen molar-refractivity contribution in [3.05, 3.63) is 82.9 Å². The van der Waals surface area contributed by atoms with Crippen LogP contribution >= 0.6 is 0 Å². The number of nitrogens with one attached hydrogen (secondary N) is 1. The maximum atomic E-state index is 14.6. The zero-order chi connectivity index (χ0) is 32.9. The molecule has 4 aromatic rings. The molecule has 1 aliphatic rings. The number of ether oxygens (including phenoxy) is 2. The fraction of sp³-hybridized carbons (Fsp3) is 0.267. The number of carbonyl (C=O) groups excluding carboxylic acids is 1. The molecule has 1 amide bonds. The fourth-order valence-corrected chi connectivity index (χ4v) is 4.80. The summed E-state index contributed by atoms with van der Waals surface area (Å²) in [5.74, 6) is -1.99. The zero-order valence-corrected chi connectivity index (χ0v) is 23.3. The number of aliphatic hydroxyl groups is 1. The molecule has 3 heterocycles.